The van der Waals surface area contributed by atoms with Gasteiger partial charge in [0.2, 0.25) is 0 Å². The van der Waals surface area contributed by atoms with E-state index >= 15 is 0 Å². The van der Waals surface area contributed by atoms with Crippen LogP contribution in [0.15, 0.2) is 413 Å². The number of nitrogens with zero attached hydrogens (tertiary/aromatic N) is 8. The Morgan fingerprint density at radius 1 is 0.163 bits per heavy atom. The first-order chi connectivity index (χ1) is 61.0. The van der Waals surface area contributed by atoms with Crippen LogP contribution in [0.1, 0.15) is 0 Å². The van der Waals surface area contributed by atoms with Crippen LogP contribution in [0.2, 0.25) is 0 Å². The van der Waals surface area contributed by atoms with Gasteiger partial charge in [0.05, 0.1) is 33.4 Å². The van der Waals surface area contributed by atoms with Crippen molar-refractivity contribution >= 4 is 140 Å². The molecule has 0 spiro atoms. The monoisotopic (exact) mass is 1580 g/mol. The first-order valence-electron chi connectivity index (χ1n) is 41.7. The van der Waals surface area contributed by atoms with Gasteiger partial charge in [0.15, 0.2) is 34.9 Å². The Hall–Kier alpha value is -16.2. The van der Waals surface area contributed by atoms with E-state index in [1.807, 2.05) is 53.8 Å². The molecule has 25 rings (SSSR count). The Labute approximate surface area is 710 Å². The molecule has 8 nitrogen and oxygen atoms in total. The number of thiophene rings is 1. The van der Waals surface area contributed by atoms with Crippen molar-refractivity contribution in [1.29, 1.82) is 0 Å². The summed E-state index contributed by atoms with van der Waals surface area (Å²) in [5.74, 6) is 3.51. The number of para-hydroxylation sites is 2. The Morgan fingerprint density at radius 3 is 0.959 bits per heavy atom. The molecule has 5 heterocycles. The predicted molar refractivity (Wildman–Crippen MR) is 514 cm³/mol. The van der Waals surface area contributed by atoms with Gasteiger partial charge in [-0.1, -0.05) is 352 Å². The molecule has 0 radical (unpaired) electrons. The molecule has 0 fully saturated rings. The number of hydrogen-bond acceptors (Lipinski definition) is 7. The van der Waals surface area contributed by atoms with Gasteiger partial charge < -0.3 is 9.13 Å². The molecule has 9 heteroatoms. The zero-order chi connectivity index (χ0) is 80.7. The van der Waals surface area contributed by atoms with E-state index < -0.39 is 0 Å². The minimum atomic E-state index is 0.565. The summed E-state index contributed by atoms with van der Waals surface area (Å²) in [4.78, 5) is 32.9. The van der Waals surface area contributed by atoms with E-state index in [2.05, 4.69) is 379 Å². The second-order valence-electron chi connectivity index (χ2n) is 31.9. The van der Waals surface area contributed by atoms with Crippen molar-refractivity contribution in [2.75, 3.05) is 0 Å². The van der Waals surface area contributed by atoms with Crippen LogP contribution < -0.4 is 0 Å². The summed E-state index contributed by atoms with van der Waals surface area (Å²) in [5.41, 5.74) is 20.7. The molecule has 0 aliphatic carbocycles. The van der Waals surface area contributed by atoms with Crippen LogP contribution in [0, 0.1) is 0 Å². The van der Waals surface area contributed by atoms with Crippen molar-refractivity contribution in [3.63, 3.8) is 0 Å². The molecule has 0 bridgehead atoms. The van der Waals surface area contributed by atoms with E-state index in [1.165, 1.54) is 74.2 Å². The third kappa shape index (κ3) is 11.4. The normalized spacial score (nSPS) is 11.9. The quantitative estimate of drug-likeness (QED) is 0.113. The number of hydrogen-bond donors (Lipinski definition) is 0. The molecule has 123 heavy (non-hydrogen) atoms. The van der Waals surface area contributed by atoms with Gasteiger partial charge >= 0.3 is 0 Å². The molecule has 0 atom stereocenters. The zero-order valence-electron chi connectivity index (χ0n) is 66.2. The van der Waals surface area contributed by atoms with Crippen molar-refractivity contribution in [2.24, 2.45) is 0 Å². The van der Waals surface area contributed by atoms with E-state index in [4.69, 9.17) is 29.9 Å². The van der Waals surface area contributed by atoms with Gasteiger partial charge in [-0.2, -0.15) is 0 Å². The molecule has 0 aliphatic heterocycles. The summed E-state index contributed by atoms with van der Waals surface area (Å²) in [6.07, 6.45) is 0. The van der Waals surface area contributed by atoms with Crippen molar-refractivity contribution < 1.29 is 0 Å². The highest BCUT2D eigenvalue weighted by atomic mass is 32.1. The van der Waals surface area contributed by atoms with Crippen molar-refractivity contribution in [1.82, 2.24) is 39.0 Å². The Kier molecular flexibility index (Phi) is 16.1. The van der Waals surface area contributed by atoms with Gasteiger partial charge in [-0.3, -0.25) is 0 Å². The maximum absolute atomic E-state index is 5.69. The highest BCUT2D eigenvalue weighted by molar-refractivity contribution is 7.26. The summed E-state index contributed by atoms with van der Waals surface area (Å²) in [5, 5.41) is 21.1. The lowest BCUT2D eigenvalue weighted by Gasteiger charge is -2.19. The van der Waals surface area contributed by atoms with Gasteiger partial charge in [0.1, 0.15) is 0 Å². The first kappa shape index (κ1) is 69.9. The van der Waals surface area contributed by atoms with Crippen molar-refractivity contribution in [3.05, 3.63) is 413 Å². The molecule has 20 aromatic carbocycles. The fraction of sp³-hybridized carbons (Fsp3) is 0. The third-order valence-electron chi connectivity index (χ3n) is 25.0. The van der Waals surface area contributed by atoms with Crippen LogP contribution in [-0.4, -0.2) is 39.0 Å². The molecular formula is C114H68N8S. The number of rotatable bonds is 12. The molecule has 0 N–H and O–H groups in total. The third-order valence-corrected chi connectivity index (χ3v) is 26.2. The minimum absolute atomic E-state index is 0.565. The lowest BCUT2D eigenvalue weighted by atomic mass is 9.92. The molecule has 570 valence electrons. The van der Waals surface area contributed by atoms with Gasteiger partial charge in [-0.15, -0.1) is 11.3 Å². The van der Waals surface area contributed by atoms with Crippen LogP contribution in [0.3, 0.4) is 0 Å². The maximum Gasteiger partial charge on any atom is 0.166 e. The van der Waals surface area contributed by atoms with E-state index in [-0.39, 0.29) is 0 Å². The topological polar surface area (TPSA) is 87.2 Å². The number of fused-ring (bicyclic) bond motifs is 21. The van der Waals surface area contributed by atoms with Crippen molar-refractivity contribution in [3.8, 4) is 124 Å². The lowest BCUT2D eigenvalue weighted by Crippen LogP contribution is -2.04. The average molecular weight is 1580 g/mol. The molecule has 0 amide bonds. The van der Waals surface area contributed by atoms with E-state index in [9.17, 15) is 0 Å². The average Bonchev–Trinajstić information content (AvgIpc) is 1.70. The fourth-order valence-electron chi connectivity index (χ4n) is 19.4. The minimum Gasteiger partial charge on any atom is -0.308 e. The summed E-state index contributed by atoms with van der Waals surface area (Å²) < 4.78 is 7.37. The smallest absolute Gasteiger partial charge is 0.166 e. The molecule has 0 saturated carbocycles. The highest BCUT2D eigenvalue weighted by Gasteiger charge is 2.28. The van der Waals surface area contributed by atoms with E-state index in [1.54, 1.807) is 0 Å². The first-order valence-corrected chi connectivity index (χ1v) is 42.5. The van der Waals surface area contributed by atoms with Crippen LogP contribution in [0.4, 0.5) is 0 Å². The van der Waals surface area contributed by atoms with Gasteiger partial charge in [-0.05, 0) is 164 Å². The maximum atomic E-state index is 5.69. The second kappa shape index (κ2) is 28.3. The summed E-state index contributed by atoms with van der Waals surface area (Å²) in [6.45, 7) is 0. The largest absolute Gasteiger partial charge is 0.308 e. The Bertz CT molecular complexity index is 8600. The van der Waals surface area contributed by atoms with E-state index in [0.717, 1.165) is 143 Å². The molecule has 25 aromatic rings. The van der Waals surface area contributed by atoms with Gasteiger partial charge in [0.25, 0.3) is 0 Å². The van der Waals surface area contributed by atoms with Crippen LogP contribution in [0.5, 0.6) is 0 Å². The number of benzene rings is 20. The highest BCUT2D eigenvalue weighted by Crippen LogP contribution is 2.51. The van der Waals surface area contributed by atoms with Crippen LogP contribution >= 0.6 is 11.3 Å². The summed E-state index contributed by atoms with van der Waals surface area (Å²) in [6, 6.07) is 149. The SMILES string of the molecule is c1ccc(-c2cc(-c3ccccc3)c3c4ccccc4n(-c4cc5c6ccccc6c6ccccc6c5cc4-c4nc(-c5ccccc5)nc(-c5ccc(-c6ccc7c(c6)sc6c(-c8cccc9c8c8ccccc8n9-c8cc9c%10ccccc%10c%10ccccc%10c9cc8-c8nc(-c9ccccc9)nc(-c9ccccc9)n8)cccc67)cc5)n4)c3c2)cc1. The summed E-state index contributed by atoms with van der Waals surface area (Å²) in [7, 11) is 0. The molecular weight excluding hydrogens is 1510 g/mol. The number of aromatic nitrogens is 8. The van der Waals surface area contributed by atoms with Crippen LogP contribution in [-0.2, 0) is 0 Å². The van der Waals surface area contributed by atoms with Crippen LogP contribution in [0.25, 0.3) is 253 Å². The Balaban J connectivity index is 0.640. The zero-order valence-corrected chi connectivity index (χ0v) is 67.1. The lowest BCUT2D eigenvalue weighted by molar-refractivity contribution is 1.07. The van der Waals surface area contributed by atoms with Crippen molar-refractivity contribution in [2.45, 2.75) is 0 Å². The van der Waals surface area contributed by atoms with E-state index in [0.29, 0.717) is 34.9 Å². The standard InChI is InChI=1S/C114H68N8S/c1-6-30-69(31-7-1)77-62-92(71-32-8-2-9-33-71)107-91-49-25-27-54-100(91)122(104(107)63-77)103-68-96-85-47-23-19-43-81(85)79-41-17-21-45-83(79)94(96)66-98(103)114-119-111(74-38-14-5-15-39-74)116-112(120-114)75-58-56-70(57-59-75)76-60-61-86-88-51-28-52-89(108(88)123-105(86)64-76)87-50-29-55-101-106(87)90-48-24-26-53-99(90)121(101)102-67-95-84-46-22-18-42-80(84)78-40-16-20-44-82(78)93(95)65-97(102)113-117-109(72-34-10-3-11-35-72)115-110(118-113)73-36-12-4-13-37-73/h1-68H. The molecule has 5 aromatic heterocycles. The van der Waals surface area contributed by atoms with Gasteiger partial charge in [-0.25, -0.2) is 29.9 Å². The fourth-order valence-corrected chi connectivity index (χ4v) is 20.7. The predicted octanol–water partition coefficient (Wildman–Crippen LogP) is 30.2. The molecule has 0 unspecified atom stereocenters. The summed E-state index contributed by atoms with van der Waals surface area (Å²) >= 11 is 1.85. The molecule has 0 saturated heterocycles. The Morgan fingerprint density at radius 2 is 0.488 bits per heavy atom. The second-order valence-corrected chi connectivity index (χ2v) is 32.9. The van der Waals surface area contributed by atoms with Gasteiger partial charge in [0, 0.05) is 80.7 Å². The molecule has 0 aliphatic rings.